The molecule has 0 radical (unpaired) electrons. The van der Waals surface area contributed by atoms with Crippen LogP contribution in [0.1, 0.15) is 51.8 Å². The van der Waals surface area contributed by atoms with E-state index in [4.69, 9.17) is 11.6 Å². The number of benzene rings is 4. The molecule has 36 heavy (non-hydrogen) atoms. The van der Waals surface area contributed by atoms with Crippen molar-refractivity contribution in [2.75, 3.05) is 0 Å². The Morgan fingerprint density at radius 3 is 1.72 bits per heavy atom. The molecule has 0 aliphatic rings. The highest BCUT2D eigenvalue weighted by atomic mass is 35.5. The van der Waals surface area contributed by atoms with E-state index in [0.717, 1.165) is 22.7 Å². The molecule has 0 aliphatic carbocycles. The summed E-state index contributed by atoms with van der Waals surface area (Å²) in [5.74, 6) is 0. The standard InChI is InChI=1S/C22H19N.C7H7Cl.2C2H6.CH4/c1-23-22(17-12-18-8-4-2-5-9-18)21-15-13-20(14-16-21)19-10-6-3-7-11-19;1-6-3-2-4-7(8)5-6;2*1-2;/h2-11,13-17H,1,12H2;2-5H,1H3;2*1-2H3;1H4/b22-17-;;;;. The Morgan fingerprint density at radius 1 is 0.722 bits per heavy atom. The lowest BCUT2D eigenvalue weighted by Gasteiger charge is -2.05. The smallest absolute Gasteiger partial charge is 0.0658 e. The van der Waals surface area contributed by atoms with Gasteiger partial charge in [0.25, 0.3) is 0 Å². The fraction of sp³-hybridized carbons (Fsp3) is 0.206. The summed E-state index contributed by atoms with van der Waals surface area (Å²) in [7, 11) is 0. The van der Waals surface area contributed by atoms with Crippen LogP contribution in [0.3, 0.4) is 0 Å². The maximum atomic E-state index is 5.64. The summed E-state index contributed by atoms with van der Waals surface area (Å²) in [5, 5.41) is 0.810. The van der Waals surface area contributed by atoms with Gasteiger partial charge in [0, 0.05) is 5.02 Å². The predicted molar refractivity (Wildman–Crippen MR) is 165 cm³/mol. The van der Waals surface area contributed by atoms with Gasteiger partial charge >= 0.3 is 0 Å². The van der Waals surface area contributed by atoms with E-state index in [1.54, 1.807) is 0 Å². The third-order valence-electron chi connectivity index (χ3n) is 4.81. The van der Waals surface area contributed by atoms with Crippen LogP contribution >= 0.6 is 11.6 Å². The van der Waals surface area contributed by atoms with Gasteiger partial charge in [0.05, 0.1) is 5.70 Å². The first-order valence-electron chi connectivity index (χ1n) is 12.2. The van der Waals surface area contributed by atoms with Crippen LogP contribution in [0.15, 0.2) is 120 Å². The monoisotopic (exact) mass is 499 g/mol. The van der Waals surface area contributed by atoms with E-state index in [-0.39, 0.29) is 7.43 Å². The van der Waals surface area contributed by atoms with Gasteiger partial charge in [-0.1, -0.05) is 150 Å². The summed E-state index contributed by atoms with van der Waals surface area (Å²) in [6.07, 6.45) is 2.98. The number of nitrogens with zero attached hydrogens (tertiary/aromatic N) is 1. The second-order valence-corrected chi connectivity index (χ2v) is 7.62. The third kappa shape index (κ3) is 11.8. The fourth-order valence-electron chi connectivity index (χ4n) is 3.17. The average Bonchev–Trinajstić information content (AvgIpc) is 2.93. The van der Waals surface area contributed by atoms with Crippen molar-refractivity contribution >= 4 is 24.0 Å². The predicted octanol–water partition coefficient (Wildman–Crippen LogP) is 11.0. The molecule has 0 heterocycles. The molecule has 0 saturated carbocycles. The number of hydrogen-bond acceptors (Lipinski definition) is 1. The molecule has 0 unspecified atom stereocenters. The summed E-state index contributed by atoms with van der Waals surface area (Å²) in [6, 6.07) is 37.0. The molecule has 0 aromatic heterocycles. The molecule has 0 atom stereocenters. The van der Waals surface area contributed by atoms with Crippen LogP contribution in [0.25, 0.3) is 16.8 Å². The minimum absolute atomic E-state index is 0. The Hall–Kier alpha value is -3.42. The van der Waals surface area contributed by atoms with Crippen molar-refractivity contribution in [3.05, 3.63) is 137 Å². The fourth-order valence-corrected chi connectivity index (χ4v) is 3.42. The van der Waals surface area contributed by atoms with E-state index < -0.39 is 0 Å². The van der Waals surface area contributed by atoms with Gasteiger partial charge in [-0.25, -0.2) is 0 Å². The molecule has 0 saturated heterocycles. The van der Waals surface area contributed by atoms with Crippen LogP contribution < -0.4 is 0 Å². The van der Waals surface area contributed by atoms with E-state index in [0.29, 0.717) is 0 Å². The van der Waals surface area contributed by atoms with Gasteiger partial charge in [0.15, 0.2) is 0 Å². The Labute approximate surface area is 225 Å². The molecule has 4 aromatic carbocycles. The van der Waals surface area contributed by atoms with Gasteiger partial charge in [-0.2, -0.15) is 0 Å². The second kappa shape index (κ2) is 19.8. The number of allylic oxidation sites excluding steroid dienone is 1. The topological polar surface area (TPSA) is 12.4 Å². The zero-order valence-corrected chi connectivity index (χ0v) is 22.5. The van der Waals surface area contributed by atoms with Crippen LogP contribution in [-0.4, -0.2) is 6.72 Å². The van der Waals surface area contributed by atoms with E-state index in [9.17, 15) is 0 Å². The molecule has 0 spiro atoms. The highest BCUT2D eigenvalue weighted by molar-refractivity contribution is 6.30. The first-order chi connectivity index (χ1) is 17.2. The summed E-state index contributed by atoms with van der Waals surface area (Å²) < 4.78 is 0. The Morgan fingerprint density at radius 2 is 1.25 bits per heavy atom. The van der Waals surface area contributed by atoms with Crippen molar-refractivity contribution in [3.63, 3.8) is 0 Å². The first-order valence-corrected chi connectivity index (χ1v) is 12.6. The molecule has 190 valence electrons. The number of rotatable bonds is 5. The van der Waals surface area contributed by atoms with Gasteiger partial charge in [-0.15, -0.1) is 0 Å². The number of aliphatic imine (C=N–C) groups is 1. The minimum atomic E-state index is 0. The lowest BCUT2D eigenvalue weighted by Crippen LogP contribution is -1.86. The molecule has 4 aromatic rings. The molecule has 0 N–H and O–H groups in total. The zero-order chi connectivity index (χ0) is 25.9. The van der Waals surface area contributed by atoms with Gasteiger partial charge in [0.1, 0.15) is 0 Å². The van der Waals surface area contributed by atoms with Gasteiger partial charge in [-0.05, 0) is 60.0 Å². The molecule has 0 bridgehead atoms. The summed E-state index contributed by atoms with van der Waals surface area (Å²) in [4.78, 5) is 4.19. The van der Waals surface area contributed by atoms with Crippen molar-refractivity contribution in [1.82, 2.24) is 0 Å². The van der Waals surface area contributed by atoms with Gasteiger partial charge in [0.2, 0.25) is 0 Å². The first kappa shape index (κ1) is 32.6. The molecule has 0 fully saturated rings. The highest BCUT2D eigenvalue weighted by Gasteiger charge is 2.01. The van der Waals surface area contributed by atoms with Crippen molar-refractivity contribution in [2.45, 2.75) is 48.5 Å². The Bertz CT molecular complexity index is 1100. The second-order valence-electron chi connectivity index (χ2n) is 7.18. The minimum Gasteiger partial charge on any atom is -0.264 e. The molecule has 2 heteroatoms. The van der Waals surface area contributed by atoms with Crippen LogP contribution in [0.4, 0.5) is 0 Å². The maximum Gasteiger partial charge on any atom is 0.0658 e. The van der Waals surface area contributed by atoms with Crippen LogP contribution in [0, 0.1) is 6.92 Å². The number of hydrogen-bond donors (Lipinski definition) is 0. The normalized spacial score (nSPS) is 9.56. The van der Waals surface area contributed by atoms with E-state index >= 15 is 0 Å². The molecule has 1 nitrogen and oxygen atoms in total. The number of halogens is 1. The summed E-state index contributed by atoms with van der Waals surface area (Å²) >= 11 is 5.64. The Kier molecular flexibility index (Phi) is 18.0. The zero-order valence-electron chi connectivity index (χ0n) is 21.7. The third-order valence-corrected chi connectivity index (χ3v) is 5.05. The van der Waals surface area contributed by atoms with Gasteiger partial charge < -0.3 is 0 Å². The van der Waals surface area contributed by atoms with Crippen molar-refractivity contribution < 1.29 is 0 Å². The molecular weight excluding hydrogens is 458 g/mol. The Balaban J connectivity index is 0.000000794. The van der Waals surface area contributed by atoms with Crippen molar-refractivity contribution in [1.29, 1.82) is 0 Å². The van der Waals surface area contributed by atoms with Gasteiger partial charge in [-0.3, -0.25) is 4.99 Å². The molecule has 0 aliphatic heterocycles. The van der Waals surface area contributed by atoms with E-state index in [1.165, 1.54) is 22.3 Å². The lowest BCUT2D eigenvalue weighted by molar-refractivity contribution is 1.26. The average molecular weight is 500 g/mol. The van der Waals surface area contributed by atoms with Crippen LogP contribution in [0.2, 0.25) is 5.02 Å². The van der Waals surface area contributed by atoms with Crippen molar-refractivity contribution in [2.24, 2.45) is 4.99 Å². The highest BCUT2D eigenvalue weighted by Crippen LogP contribution is 2.23. The molecular formula is C34H42ClN. The maximum absolute atomic E-state index is 5.64. The van der Waals surface area contributed by atoms with Crippen molar-refractivity contribution in [3.8, 4) is 11.1 Å². The summed E-state index contributed by atoms with van der Waals surface area (Å²) in [5.41, 5.74) is 6.93. The number of aryl methyl sites for hydroxylation is 1. The van der Waals surface area contributed by atoms with Crippen LogP contribution in [0.5, 0.6) is 0 Å². The quantitative estimate of drug-likeness (QED) is 0.242. The summed E-state index contributed by atoms with van der Waals surface area (Å²) in [6.45, 7) is 13.7. The SMILES string of the molecule is C.C=N/C(=C\Cc1ccccc1)c1ccc(-c2ccccc2)cc1.CC.CC.Cc1cccc(Cl)c1. The van der Waals surface area contributed by atoms with Crippen LogP contribution in [-0.2, 0) is 6.42 Å². The largest absolute Gasteiger partial charge is 0.264 e. The van der Waals surface area contributed by atoms with E-state index in [2.05, 4.69) is 90.6 Å². The van der Waals surface area contributed by atoms with E-state index in [1.807, 2.05) is 71.0 Å². The lowest BCUT2D eigenvalue weighted by atomic mass is 10.0. The molecule has 0 amide bonds. The molecule has 4 rings (SSSR count).